The van der Waals surface area contributed by atoms with E-state index in [1.54, 1.807) is 14.0 Å². The summed E-state index contributed by atoms with van der Waals surface area (Å²) in [5, 5.41) is 0. The van der Waals surface area contributed by atoms with E-state index in [1.807, 2.05) is 0 Å². The van der Waals surface area contributed by atoms with Gasteiger partial charge >= 0.3 is 5.97 Å². The molecule has 0 N–H and O–H groups in total. The zero-order chi connectivity index (χ0) is 14.3. The number of methoxy groups -OCH3 is 1. The number of carbonyl (C=O) groups is 1. The molecule has 0 aliphatic rings. The third-order valence-electron chi connectivity index (χ3n) is 2.32. The number of alkyl halides is 2. The maximum absolute atomic E-state index is 12.9. The summed E-state index contributed by atoms with van der Waals surface area (Å²) in [5.74, 6) is -0.568. The fourth-order valence-corrected chi connectivity index (χ4v) is 1.46. The van der Waals surface area contributed by atoms with Crippen molar-refractivity contribution in [3.63, 3.8) is 0 Å². The molecule has 0 radical (unpaired) electrons. The summed E-state index contributed by atoms with van der Waals surface area (Å²) in [4.78, 5) is 19.1. The van der Waals surface area contributed by atoms with E-state index in [1.165, 1.54) is 0 Å². The lowest BCUT2D eigenvalue weighted by molar-refractivity contribution is 0.0512. The number of aromatic nitrogens is 2. The number of rotatable bonds is 7. The van der Waals surface area contributed by atoms with Crippen LogP contribution in [-0.4, -0.2) is 36.3 Å². The number of hydrogen-bond acceptors (Lipinski definition) is 5. The molecule has 5 nitrogen and oxygen atoms in total. The topological polar surface area (TPSA) is 61.3 Å². The molecular weight excluding hydrogens is 258 g/mol. The zero-order valence-electron chi connectivity index (χ0n) is 10.9. The van der Waals surface area contributed by atoms with Crippen LogP contribution in [0.25, 0.3) is 0 Å². The Hall–Kier alpha value is -1.63. The van der Waals surface area contributed by atoms with Gasteiger partial charge in [-0.15, -0.1) is 0 Å². The molecule has 0 saturated heterocycles. The molecule has 0 aliphatic carbocycles. The predicted molar refractivity (Wildman–Crippen MR) is 63.1 cm³/mol. The number of esters is 1. The van der Waals surface area contributed by atoms with E-state index in [9.17, 15) is 13.6 Å². The molecular formula is C12H16F2N2O3. The molecule has 0 aliphatic heterocycles. The highest BCUT2D eigenvalue weighted by atomic mass is 19.3. The first-order chi connectivity index (χ1) is 9.10. The van der Waals surface area contributed by atoms with Crippen molar-refractivity contribution in [2.24, 2.45) is 0 Å². The Morgan fingerprint density at radius 1 is 1.47 bits per heavy atom. The Labute approximate surface area is 110 Å². The molecule has 1 aromatic heterocycles. The second kappa shape index (κ2) is 7.73. The second-order valence-corrected chi connectivity index (χ2v) is 3.70. The number of carbonyl (C=O) groups excluding carboxylic acids is 1. The van der Waals surface area contributed by atoms with E-state index in [0.717, 1.165) is 6.20 Å². The molecule has 0 spiro atoms. The van der Waals surface area contributed by atoms with Gasteiger partial charge in [0.25, 0.3) is 6.43 Å². The smallest absolute Gasteiger partial charge is 0.341 e. The monoisotopic (exact) mass is 274 g/mol. The van der Waals surface area contributed by atoms with Crippen LogP contribution >= 0.6 is 0 Å². The van der Waals surface area contributed by atoms with Gasteiger partial charge in [-0.3, -0.25) is 0 Å². The molecule has 0 saturated carbocycles. The Kier molecular flexibility index (Phi) is 6.27. The largest absolute Gasteiger partial charge is 0.462 e. The van der Waals surface area contributed by atoms with Gasteiger partial charge in [0.1, 0.15) is 17.1 Å². The van der Waals surface area contributed by atoms with Gasteiger partial charge in [0, 0.05) is 26.3 Å². The molecule has 7 heteroatoms. The highest BCUT2D eigenvalue weighted by molar-refractivity contribution is 5.90. The molecule has 1 aromatic rings. The Morgan fingerprint density at radius 2 is 2.21 bits per heavy atom. The van der Waals surface area contributed by atoms with E-state index in [2.05, 4.69) is 14.7 Å². The summed E-state index contributed by atoms with van der Waals surface area (Å²) in [6.45, 7) is 2.20. The van der Waals surface area contributed by atoms with Gasteiger partial charge in [0.05, 0.1) is 6.61 Å². The van der Waals surface area contributed by atoms with Crippen molar-refractivity contribution < 1.29 is 23.0 Å². The van der Waals surface area contributed by atoms with Crippen LogP contribution < -0.4 is 0 Å². The van der Waals surface area contributed by atoms with Gasteiger partial charge < -0.3 is 9.47 Å². The highest BCUT2D eigenvalue weighted by Gasteiger charge is 2.22. The molecule has 1 rings (SSSR count). The zero-order valence-corrected chi connectivity index (χ0v) is 10.9. The van der Waals surface area contributed by atoms with Crippen molar-refractivity contribution in [1.29, 1.82) is 0 Å². The maximum Gasteiger partial charge on any atom is 0.341 e. The number of ether oxygens (including phenoxy) is 2. The van der Waals surface area contributed by atoms with Crippen molar-refractivity contribution >= 4 is 5.97 Å². The number of halogens is 2. The Bertz CT molecular complexity index is 427. The Morgan fingerprint density at radius 3 is 2.79 bits per heavy atom. The lowest BCUT2D eigenvalue weighted by Gasteiger charge is -2.08. The average Bonchev–Trinajstić information content (AvgIpc) is 2.39. The van der Waals surface area contributed by atoms with E-state index in [-0.39, 0.29) is 18.0 Å². The highest BCUT2D eigenvalue weighted by Crippen LogP contribution is 2.21. The van der Waals surface area contributed by atoms with Crippen LogP contribution in [0.4, 0.5) is 8.78 Å². The maximum atomic E-state index is 12.9. The van der Waals surface area contributed by atoms with Gasteiger partial charge in [-0.1, -0.05) is 0 Å². The average molecular weight is 274 g/mol. The van der Waals surface area contributed by atoms with Crippen LogP contribution in [0.3, 0.4) is 0 Å². The first kappa shape index (κ1) is 15.4. The van der Waals surface area contributed by atoms with Crippen LogP contribution in [0.2, 0.25) is 0 Å². The van der Waals surface area contributed by atoms with E-state index >= 15 is 0 Å². The third kappa shape index (κ3) is 4.51. The van der Waals surface area contributed by atoms with E-state index in [0.29, 0.717) is 19.4 Å². The van der Waals surface area contributed by atoms with Crippen LogP contribution in [0.5, 0.6) is 0 Å². The molecule has 0 atom stereocenters. The van der Waals surface area contributed by atoms with Gasteiger partial charge in [-0.2, -0.15) is 0 Å². The van der Waals surface area contributed by atoms with E-state index in [4.69, 9.17) is 4.74 Å². The normalized spacial score (nSPS) is 10.8. The quantitative estimate of drug-likeness (QED) is 0.563. The summed E-state index contributed by atoms with van der Waals surface area (Å²) >= 11 is 0. The third-order valence-corrected chi connectivity index (χ3v) is 2.32. The van der Waals surface area contributed by atoms with Crippen molar-refractivity contribution in [3.8, 4) is 0 Å². The summed E-state index contributed by atoms with van der Waals surface area (Å²) in [6.07, 6.45) is -0.716. The molecule has 0 unspecified atom stereocenters. The van der Waals surface area contributed by atoms with Crippen LogP contribution in [0, 0.1) is 0 Å². The summed E-state index contributed by atoms with van der Waals surface area (Å²) in [6, 6.07) is 0. The lowest BCUT2D eigenvalue weighted by Crippen LogP contribution is -2.13. The van der Waals surface area contributed by atoms with Crippen molar-refractivity contribution in [2.45, 2.75) is 26.2 Å². The molecule has 0 bridgehead atoms. The molecule has 106 valence electrons. The minimum absolute atomic E-state index is 0.108. The van der Waals surface area contributed by atoms with Gasteiger partial charge in [-0.05, 0) is 13.3 Å². The number of aryl methyl sites for hydroxylation is 1. The van der Waals surface area contributed by atoms with Crippen molar-refractivity contribution in [2.75, 3.05) is 20.3 Å². The lowest BCUT2D eigenvalue weighted by atomic mass is 10.2. The van der Waals surface area contributed by atoms with Crippen molar-refractivity contribution in [3.05, 3.63) is 23.3 Å². The van der Waals surface area contributed by atoms with Gasteiger partial charge in [0.15, 0.2) is 0 Å². The first-order valence-electron chi connectivity index (χ1n) is 5.90. The fraction of sp³-hybridized carbons (Fsp3) is 0.583. The second-order valence-electron chi connectivity index (χ2n) is 3.70. The fourth-order valence-electron chi connectivity index (χ4n) is 1.46. The summed E-state index contributed by atoms with van der Waals surface area (Å²) in [5.41, 5.74) is -0.867. The molecule has 0 fully saturated rings. The summed E-state index contributed by atoms with van der Waals surface area (Å²) in [7, 11) is 1.55. The van der Waals surface area contributed by atoms with E-state index < -0.39 is 18.1 Å². The number of nitrogens with zero attached hydrogens (tertiary/aromatic N) is 2. The summed E-state index contributed by atoms with van der Waals surface area (Å²) < 4.78 is 35.3. The molecule has 0 aromatic carbocycles. The Balaban J connectivity index is 2.91. The molecule has 19 heavy (non-hydrogen) atoms. The molecule has 0 amide bonds. The van der Waals surface area contributed by atoms with Crippen LogP contribution in [0.1, 0.15) is 41.6 Å². The minimum atomic E-state index is -2.84. The molecule has 1 heterocycles. The van der Waals surface area contributed by atoms with Crippen LogP contribution in [0.15, 0.2) is 6.20 Å². The van der Waals surface area contributed by atoms with Crippen LogP contribution in [-0.2, 0) is 15.9 Å². The minimum Gasteiger partial charge on any atom is -0.462 e. The first-order valence-corrected chi connectivity index (χ1v) is 5.90. The standard InChI is InChI=1S/C12H16F2N2O3/c1-3-19-12(17)8-7-15-9(5-4-6-18-2)16-10(8)11(13)14/h7,11H,3-6H2,1-2H3. The van der Waals surface area contributed by atoms with Gasteiger partial charge in [0.2, 0.25) is 0 Å². The van der Waals surface area contributed by atoms with Crippen molar-refractivity contribution in [1.82, 2.24) is 9.97 Å². The number of hydrogen-bond donors (Lipinski definition) is 0. The van der Waals surface area contributed by atoms with Gasteiger partial charge in [-0.25, -0.2) is 23.5 Å². The SMILES string of the molecule is CCOC(=O)c1cnc(CCCOC)nc1C(F)F. The predicted octanol–water partition coefficient (Wildman–Crippen LogP) is 2.17.